The van der Waals surface area contributed by atoms with Crippen molar-refractivity contribution in [2.45, 2.75) is 24.4 Å². The first kappa shape index (κ1) is 19.2. The van der Waals surface area contributed by atoms with Crippen LogP contribution in [0.25, 0.3) is 0 Å². The van der Waals surface area contributed by atoms with Gasteiger partial charge in [-0.3, -0.25) is 4.79 Å². The first-order valence-electron chi connectivity index (χ1n) is 9.57. The highest BCUT2D eigenvalue weighted by Gasteiger charge is 2.57. The average Bonchev–Trinajstić information content (AvgIpc) is 3.41. The molecule has 1 fully saturated rings. The van der Waals surface area contributed by atoms with Gasteiger partial charge < -0.3 is 20.3 Å². The molecule has 0 unspecified atom stereocenters. The number of nitrogens with zero attached hydrogens (tertiary/aromatic N) is 2. The summed E-state index contributed by atoms with van der Waals surface area (Å²) in [6, 6.07) is 5.10. The number of nitrogens with one attached hydrogen (secondary N) is 2. The summed E-state index contributed by atoms with van der Waals surface area (Å²) in [6.45, 7) is -0.460. The number of nitriles is 1. The van der Waals surface area contributed by atoms with Gasteiger partial charge >= 0.3 is 6.03 Å². The van der Waals surface area contributed by atoms with Crippen LogP contribution < -0.4 is 15.4 Å². The quantitative estimate of drug-likeness (QED) is 0.786. The minimum Gasteiger partial charge on any atom is -0.491 e. The zero-order valence-corrected chi connectivity index (χ0v) is 16.0. The Kier molecular flexibility index (Phi) is 4.12. The second-order valence-electron chi connectivity index (χ2n) is 7.74. The number of benzene rings is 2. The van der Waals surface area contributed by atoms with Gasteiger partial charge in [0.2, 0.25) is 5.91 Å². The number of carbonyl (C=O) groups excluding carboxylic acids is 2. The van der Waals surface area contributed by atoms with Crippen molar-refractivity contribution in [3.63, 3.8) is 0 Å². The average molecular weight is 428 g/mol. The molecule has 0 radical (unpaired) electrons. The number of hydrogen-bond donors (Lipinski definition) is 2. The summed E-state index contributed by atoms with van der Waals surface area (Å²) in [5.74, 6) is -3.20. The smallest absolute Gasteiger partial charge is 0.323 e. The second kappa shape index (κ2) is 6.63. The van der Waals surface area contributed by atoms with Crippen molar-refractivity contribution < 1.29 is 27.5 Å². The lowest BCUT2D eigenvalue weighted by molar-refractivity contribution is -0.123. The van der Waals surface area contributed by atoms with Crippen LogP contribution >= 0.6 is 0 Å². The number of rotatable bonds is 3. The van der Waals surface area contributed by atoms with Gasteiger partial charge in [0.25, 0.3) is 0 Å². The molecular weight excluding hydrogens is 413 g/mol. The van der Waals surface area contributed by atoms with Gasteiger partial charge in [-0.1, -0.05) is 0 Å². The van der Waals surface area contributed by atoms with Crippen LogP contribution in [-0.4, -0.2) is 30.0 Å². The highest BCUT2D eigenvalue weighted by molar-refractivity contribution is 5.97. The zero-order chi connectivity index (χ0) is 21.9. The lowest BCUT2D eigenvalue weighted by Gasteiger charge is -2.37. The molecule has 3 aliphatic rings. The molecule has 0 saturated heterocycles. The molecule has 1 saturated carbocycles. The van der Waals surface area contributed by atoms with Crippen molar-refractivity contribution in [2.75, 3.05) is 18.5 Å². The summed E-state index contributed by atoms with van der Waals surface area (Å²) in [5, 5.41) is 14.1. The van der Waals surface area contributed by atoms with Gasteiger partial charge in [-0.25, -0.2) is 18.0 Å². The Labute approximate surface area is 174 Å². The third-order valence-electron chi connectivity index (χ3n) is 5.90. The normalized spacial score (nSPS) is 19.7. The number of ether oxygens (including phenoxy) is 1. The topological polar surface area (TPSA) is 94.5 Å². The molecule has 1 aliphatic carbocycles. The molecular formula is C21H15F3N4O3. The standard InChI is InChI=1S/C21H15F3N4O3/c22-11-1-2-13-18(19(11)24)21(3-4-21)28(20(30)27-13)8-16(29)26-14-9-31-15-6-10(7-25)5-12(23)17(14)15/h1-2,5-6,14H,3-4,8-9H2,(H,26,29)(H,27,30)/t14-/m0/s1. The van der Waals surface area contributed by atoms with Crippen LogP contribution in [0.4, 0.5) is 23.7 Å². The highest BCUT2D eigenvalue weighted by atomic mass is 19.2. The molecule has 0 bridgehead atoms. The van der Waals surface area contributed by atoms with Crippen LogP contribution in [0.3, 0.4) is 0 Å². The molecule has 1 atom stereocenters. The van der Waals surface area contributed by atoms with E-state index in [0.29, 0.717) is 12.8 Å². The van der Waals surface area contributed by atoms with Gasteiger partial charge in [0.05, 0.1) is 34.5 Å². The molecule has 31 heavy (non-hydrogen) atoms. The molecule has 158 valence electrons. The molecule has 3 amide bonds. The van der Waals surface area contributed by atoms with E-state index in [1.807, 2.05) is 6.07 Å². The Morgan fingerprint density at radius 2 is 2.06 bits per heavy atom. The van der Waals surface area contributed by atoms with Gasteiger partial charge in [-0.05, 0) is 37.1 Å². The van der Waals surface area contributed by atoms with E-state index in [-0.39, 0.29) is 34.7 Å². The Hall–Kier alpha value is -3.74. The molecule has 2 aliphatic heterocycles. The van der Waals surface area contributed by atoms with Crippen molar-refractivity contribution in [3.05, 3.63) is 58.4 Å². The molecule has 10 heteroatoms. The molecule has 2 aromatic rings. The first-order chi connectivity index (χ1) is 14.8. The van der Waals surface area contributed by atoms with E-state index >= 15 is 0 Å². The van der Waals surface area contributed by atoms with Gasteiger partial charge in [0, 0.05) is 5.56 Å². The van der Waals surface area contributed by atoms with Crippen LogP contribution in [0, 0.1) is 28.8 Å². The van der Waals surface area contributed by atoms with Gasteiger partial charge in [-0.15, -0.1) is 0 Å². The Morgan fingerprint density at radius 1 is 1.29 bits per heavy atom. The monoisotopic (exact) mass is 428 g/mol. The largest absolute Gasteiger partial charge is 0.491 e. The fraction of sp³-hybridized carbons (Fsp3) is 0.286. The molecule has 5 rings (SSSR count). The van der Waals surface area contributed by atoms with E-state index in [1.54, 1.807) is 0 Å². The van der Waals surface area contributed by atoms with E-state index in [4.69, 9.17) is 10.00 Å². The van der Waals surface area contributed by atoms with Gasteiger partial charge in [0.15, 0.2) is 11.6 Å². The van der Waals surface area contributed by atoms with E-state index in [1.165, 1.54) is 17.0 Å². The minimum absolute atomic E-state index is 0.0320. The molecule has 2 heterocycles. The van der Waals surface area contributed by atoms with E-state index in [9.17, 15) is 22.8 Å². The number of carbonyl (C=O) groups is 2. The van der Waals surface area contributed by atoms with Crippen LogP contribution in [-0.2, 0) is 10.3 Å². The van der Waals surface area contributed by atoms with Crippen LogP contribution in [0.5, 0.6) is 5.75 Å². The summed E-state index contributed by atoms with van der Waals surface area (Å²) < 4.78 is 48.1. The SMILES string of the molecule is N#Cc1cc(F)c2c(c1)OC[C@@H]2NC(=O)CN1C(=O)Nc2ccc(F)c(F)c2C12CC2. The molecule has 2 aromatic carbocycles. The Morgan fingerprint density at radius 3 is 2.77 bits per heavy atom. The van der Waals surface area contributed by atoms with Crippen molar-refractivity contribution in [1.29, 1.82) is 5.26 Å². The number of anilines is 1. The first-order valence-corrected chi connectivity index (χ1v) is 9.57. The fourth-order valence-corrected chi connectivity index (χ4v) is 4.35. The van der Waals surface area contributed by atoms with Crippen molar-refractivity contribution in [3.8, 4) is 11.8 Å². The maximum atomic E-state index is 14.5. The summed E-state index contributed by atoms with van der Waals surface area (Å²) in [7, 11) is 0. The summed E-state index contributed by atoms with van der Waals surface area (Å²) in [5.41, 5.74) is -0.652. The summed E-state index contributed by atoms with van der Waals surface area (Å²) >= 11 is 0. The summed E-state index contributed by atoms with van der Waals surface area (Å²) in [6.07, 6.45) is 0.782. The van der Waals surface area contributed by atoms with Crippen LogP contribution in [0.15, 0.2) is 24.3 Å². The predicted molar refractivity (Wildman–Crippen MR) is 100 cm³/mol. The third-order valence-corrected chi connectivity index (χ3v) is 5.90. The summed E-state index contributed by atoms with van der Waals surface area (Å²) in [4.78, 5) is 26.5. The highest BCUT2D eigenvalue weighted by Crippen LogP contribution is 2.56. The van der Waals surface area contributed by atoms with E-state index < -0.39 is 47.5 Å². The number of halogens is 3. The molecule has 0 aromatic heterocycles. The Balaban J connectivity index is 1.37. The van der Waals surface area contributed by atoms with Gasteiger partial charge in [-0.2, -0.15) is 5.26 Å². The number of urea groups is 1. The van der Waals surface area contributed by atoms with E-state index in [0.717, 1.165) is 12.1 Å². The van der Waals surface area contributed by atoms with E-state index in [2.05, 4.69) is 10.6 Å². The third kappa shape index (κ3) is 2.88. The number of amides is 3. The minimum atomic E-state index is -1.09. The fourth-order valence-electron chi connectivity index (χ4n) is 4.35. The molecule has 1 spiro atoms. The van der Waals surface area contributed by atoms with Crippen LogP contribution in [0.1, 0.15) is 35.6 Å². The molecule has 2 N–H and O–H groups in total. The lowest BCUT2D eigenvalue weighted by atomic mass is 9.97. The second-order valence-corrected chi connectivity index (χ2v) is 7.74. The van der Waals surface area contributed by atoms with Crippen molar-refractivity contribution >= 4 is 17.6 Å². The molecule has 7 nitrogen and oxygen atoms in total. The van der Waals surface area contributed by atoms with Crippen LogP contribution in [0.2, 0.25) is 0 Å². The Bertz CT molecular complexity index is 1190. The zero-order valence-electron chi connectivity index (χ0n) is 16.0. The number of hydrogen-bond acceptors (Lipinski definition) is 4. The predicted octanol–water partition coefficient (Wildman–Crippen LogP) is 3.06. The van der Waals surface area contributed by atoms with Gasteiger partial charge in [0.1, 0.15) is 24.7 Å². The van der Waals surface area contributed by atoms with Crippen molar-refractivity contribution in [2.24, 2.45) is 0 Å². The maximum absolute atomic E-state index is 14.5. The van der Waals surface area contributed by atoms with Crippen molar-refractivity contribution in [1.82, 2.24) is 10.2 Å². The maximum Gasteiger partial charge on any atom is 0.323 e. The number of fused-ring (bicyclic) bond motifs is 3. The lowest BCUT2D eigenvalue weighted by Crippen LogP contribution is -2.52.